The Balaban J connectivity index is 2.22. The van der Waals surface area contributed by atoms with Crippen molar-refractivity contribution >= 4 is 17.7 Å². The van der Waals surface area contributed by atoms with Gasteiger partial charge in [0.15, 0.2) is 10.9 Å². The van der Waals surface area contributed by atoms with Crippen LogP contribution in [0.15, 0.2) is 27.1 Å². The second kappa shape index (κ2) is 4.37. The second-order valence-electron chi connectivity index (χ2n) is 3.03. The van der Waals surface area contributed by atoms with Gasteiger partial charge in [0.25, 0.3) is 0 Å². The van der Waals surface area contributed by atoms with E-state index >= 15 is 0 Å². The van der Waals surface area contributed by atoms with E-state index in [0.717, 1.165) is 11.8 Å². The van der Waals surface area contributed by atoms with E-state index < -0.39 is 5.97 Å². The summed E-state index contributed by atoms with van der Waals surface area (Å²) in [5.74, 6) is -1.14. The molecular weight excluding hydrogens is 246 g/mol. The number of aromatic nitrogens is 5. The third kappa shape index (κ3) is 2.33. The van der Waals surface area contributed by atoms with Gasteiger partial charge >= 0.3 is 11.7 Å². The van der Waals surface area contributed by atoms with E-state index in [-0.39, 0.29) is 11.4 Å². The molecule has 8 nitrogen and oxygen atoms in total. The van der Waals surface area contributed by atoms with Gasteiger partial charge in [0.1, 0.15) is 5.03 Å². The lowest BCUT2D eigenvalue weighted by Crippen LogP contribution is -2.12. The Morgan fingerprint density at radius 1 is 1.47 bits per heavy atom. The van der Waals surface area contributed by atoms with E-state index in [1.807, 2.05) is 0 Å². The maximum atomic E-state index is 11.1. The Bertz CT molecular complexity index is 602. The summed E-state index contributed by atoms with van der Waals surface area (Å²) in [5.41, 5.74) is -0.465. The van der Waals surface area contributed by atoms with E-state index in [4.69, 9.17) is 5.11 Å². The Morgan fingerprint density at radius 3 is 2.71 bits per heavy atom. The van der Waals surface area contributed by atoms with Crippen LogP contribution in [0.5, 0.6) is 0 Å². The molecular formula is C8H7N5O3S. The molecule has 2 aromatic heterocycles. The summed E-state index contributed by atoms with van der Waals surface area (Å²) in [6, 6.07) is 2.84. The lowest BCUT2D eigenvalue weighted by molar-refractivity contribution is 0.0689. The largest absolute Gasteiger partial charge is 0.476 e. The van der Waals surface area contributed by atoms with Crippen LogP contribution in [0, 0.1) is 0 Å². The molecule has 0 saturated heterocycles. The first kappa shape index (κ1) is 11.3. The molecule has 2 aromatic rings. The molecule has 2 rings (SSSR count). The van der Waals surface area contributed by atoms with E-state index in [2.05, 4.69) is 20.4 Å². The highest BCUT2D eigenvalue weighted by Gasteiger charge is 2.09. The fourth-order valence-corrected chi connectivity index (χ4v) is 1.72. The van der Waals surface area contributed by atoms with Crippen molar-refractivity contribution < 1.29 is 9.90 Å². The molecule has 0 unspecified atom stereocenters. The van der Waals surface area contributed by atoms with Crippen LogP contribution in [0.3, 0.4) is 0 Å². The predicted molar refractivity (Wildman–Crippen MR) is 56.9 cm³/mol. The number of hydrogen-bond donors (Lipinski definition) is 2. The standard InChI is InChI=1S/C8H7N5O3S/c1-13-7(16)11-12-8(13)17-5-3-2-4(6(14)15)9-10-5/h2-3H,1H3,(H,11,16)(H,14,15). The van der Waals surface area contributed by atoms with Crippen molar-refractivity contribution in [3.05, 3.63) is 28.3 Å². The van der Waals surface area contributed by atoms with Crippen LogP contribution in [-0.4, -0.2) is 36.0 Å². The van der Waals surface area contributed by atoms with Gasteiger partial charge in [-0.05, 0) is 23.9 Å². The van der Waals surface area contributed by atoms with Crippen LogP contribution in [0.4, 0.5) is 0 Å². The van der Waals surface area contributed by atoms with Crippen LogP contribution in [0.1, 0.15) is 10.5 Å². The molecule has 0 aliphatic carbocycles. The number of rotatable bonds is 3. The summed E-state index contributed by atoms with van der Waals surface area (Å²) in [7, 11) is 1.56. The average Bonchev–Trinajstić information content (AvgIpc) is 2.62. The van der Waals surface area contributed by atoms with Crippen molar-refractivity contribution in [2.45, 2.75) is 10.2 Å². The van der Waals surface area contributed by atoms with Gasteiger partial charge in [-0.25, -0.2) is 14.7 Å². The molecule has 0 radical (unpaired) electrons. The zero-order valence-electron chi connectivity index (χ0n) is 8.62. The maximum Gasteiger partial charge on any atom is 0.356 e. The number of H-pyrrole nitrogens is 1. The highest BCUT2D eigenvalue weighted by Crippen LogP contribution is 2.21. The minimum Gasteiger partial charge on any atom is -0.476 e. The second-order valence-corrected chi connectivity index (χ2v) is 4.02. The van der Waals surface area contributed by atoms with E-state index in [1.54, 1.807) is 7.05 Å². The van der Waals surface area contributed by atoms with Gasteiger partial charge in [0, 0.05) is 7.05 Å². The minimum atomic E-state index is -1.14. The fourth-order valence-electron chi connectivity index (χ4n) is 1.01. The zero-order chi connectivity index (χ0) is 12.4. The Labute approximate surface area is 98.7 Å². The van der Waals surface area contributed by atoms with Crippen LogP contribution in [-0.2, 0) is 7.05 Å². The lowest BCUT2D eigenvalue weighted by Gasteiger charge is -1.98. The van der Waals surface area contributed by atoms with Crippen molar-refractivity contribution in [2.24, 2.45) is 7.05 Å². The zero-order valence-corrected chi connectivity index (χ0v) is 9.43. The molecule has 0 bridgehead atoms. The quantitative estimate of drug-likeness (QED) is 0.775. The number of carboxylic acids is 1. The molecule has 0 aliphatic rings. The normalized spacial score (nSPS) is 10.4. The molecule has 17 heavy (non-hydrogen) atoms. The molecule has 0 atom stereocenters. The van der Waals surface area contributed by atoms with Crippen molar-refractivity contribution in [1.29, 1.82) is 0 Å². The monoisotopic (exact) mass is 253 g/mol. The third-order valence-electron chi connectivity index (χ3n) is 1.89. The molecule has 0 fully saturated rings. The molecule has 0 aromatic carbocycles. The number of aromatic amines is 1. The first-order valence-electron chi connectivity index (χ1n) is 4.44. The molecule has 2 N–H and O–H groups in total. The van der Waals surface area contributed by atoms with Crippen molar-refractivity contribution in [2.75, 3.05) is 0 Å². The van der Waals surface area contributed by atoms with Crippen LogP contribution >= 0.6 is 11.8 Å². The highest BCUT2D eigenvalue weighted by molar-refractivity contribution is 7.99. The number of hydrogen-bond acceptors (Lipinski definition) is 6. The van der Waals surface area contributed by atoms with Gasteiger partial charge in [-0.15, -0.1) is 15.3 Å². The molecule has 2 heterocycles. The Kier molecular flexibility index (Phi) is 2.91. The number of aromatic carboxylic acids is 1. The molecule has 0 amide bonds. The summed E-state index contributed by atoms with van der Waals surface area (Å²) in [4.78, 5) is 21.6. The van der Waals surface area contributed by atoms with E-state index in [0.29, 0.717) is 10.2 Å². The number of nitrogens with one attached hydrogen (secondary N) is 1. The maximum absolute atomic E-state index is 11.1. The van der Waals surface area contributed by atoms with Crippen LogP contribution in [0.2, 0.25) is 0 Å². The Morgan fingerprint density at radius 2 is 2.24 bits per heavy atom. The third-order valence-corrected chi connectivity index (χ3v) is 2.87. The number of carboxylic acid groups (broad SMARTS) is 1. The van der Waals surface area contributed by atoms with Crippen LogP contribution < -0.4 is 5.69 Å². The summed E-state index contributed by atoms with van der Waals surface area (Å²) >= 11 is 1.11. The number of carbonyl (C=O) groups is 1. The molecule has 0 saturated carbocycles. The molecule has 88 valence electrons. The summed E-state index contributed by atoms with van der Waals surface area (Å²) in [6.45, 7) is 0. The fraction of sp³-hybridized carbons (Fsp3) is 0.125. The van der Waals surface area contributed by atoms with Crippen molar-refractivity contribution in [1.82, 2.24) is 25.0 Å². The number of nitrogens with zero attached hydrogens (tertiary/aromatic N) is 4. The molecule has 0 aliphatic heterocycles. The average molecular weight is 253 g/mol. The van der Waals surface area contributed by atoms with Gasteiger partial charge in [-0.1, -0.05) is 0 Å². The van der Waals surface area contributed by atoms with Gasteiger partial charge < -0.3 is 5.11 Å². The van der Waals surface area contributed by atoms with Gasteiger partial charge in [-0.2, -0.15) is 0 Å². The van der Waals surface area contributed by atoms with Gasteiger partial charge in [0.2, 0.25) is 0 Å². The SMILES string of the molecule is Cn1c(Sc2ccc(C(=O)O)nn2)n[nH]c1=O. The lowest BCUT2D eigenvalue weighted by atomic mass is 10.4. The van der Waals surface area contributed by atoms with Crippen molar-refractivity contribution in [3.8, 4) is 0 Å². The van der Waals surface area contributed by atoms with E-state index in [9.17, 15) is 9.59 Å². The predicted octanol–water partition coefficient (Wildman–Crippen LogP) is -0.252. The van der Waals surface area contributed by atoms with E-state index in [1.165, 1.54) is 16.7 Å². The Hall–Kier alpha value is -2.16. The van der Waals surface area contributed by atoms with Crippen LogP contribution in [0.25, 0.3) is 0 Å². The summed E-state index contributed by atoms with van der Waals surface area (Å²) < 4.78 is 1.32. The summed E-state index contributed by atoms with van der Waals surface area (Å²) in [6.07, 6.45) is 0. The molecule has 9 heteroatoms. The topological polar surface area (TPSA) is 114 Å². The first-order valence-corrected chi connectivity index (χ1v) is 5.26. The van der Waals surface area contributed by atoms with Gasteiger partial charge in [0.05, 0.1) is 0 Å². The highest BCUT2D eigenvalue weighted by atomic mass is 32.2. The minimum absolute atomic E-state index is 0.134. The smallest absolute Gasteiger partial charge is 0.356 e. The van der Waals surface area contributed by atoms with Gasteiger partial charge in [-0.3, -0.25) is 4.57 Å². The molecule has 0 spiro atoms. The van der Waals surface area contributed by atoms with Crippen molar-refractivity contribution in [3.63, 3.8) is 0 Å². The summed E-state index contributed by atoms with van der Waals surface area (Å²) in [5, 5.41) is 22.8. The first-order chi connectivity index (χ1) is 8.08.